The van der Waals surface area contributed by atoms with Gasteiger partial charge in [-0.1, -0.05) is 13.3 Å². The summed E-state index contributed by atoms with van der Waals surface area (Å²) in [5.74, 6) is 0. The number of nitrogens with one attached hydrogen (secondary N) is 1. The molecule has 1 atom stereocenters. The van der Waals surface area contributed by atoms with Crippen LogP contribution in [0.5, 0.6) is 0 Å². The Kier molecular flexibility index (Phi) is 7.01. The van der Waals surface area contributed by atoms with E-state index in [2.05, 4.69) is 12.2 Å². The average molecular weight is 241 g/mol. The van der Waals surface area contributed by atoms with Crippen LogP contribution in [0.3, 0.4) is 0 Å². The molecule has 0 aliphatic carbocycles. The molecule has 0 aliphatic rings. The zero-order chi connectivity index (χ0) is 11.2. The lowest BCUT2D eigenvalue weighted by Gasteiger charge is -2.29. The molecule has 0 spiro atoms. The van der Waals surface area contributed by atoms with E-state index in [1.54, 1.807) is 4.67 Å². The highest BCUT2D eigenvalue weighted by Gasteiger charge is 2.15. The summed E-state index contributed by atoms with van der Waals surface area (Å²) in [6, 6.07) is 0. The zero-order valence-electron chi connectivity index (χ0n) is 8.39. The second-order valence-electron chi connectivity index (χ2n) is 3.06. The maximum atomic E-state index is 8.83. The first-order chi connectivity index (χ1) is 6.38. The Morgan fingerprint density at radius 1 is 1.57 bits per heavy atom. The summed E-state index contributed by atoms with van der Waals surface area (Å²) in [6.07, 6.45) is 0.937. The summed E-state index contributed by atoms with van der Waals surface area (Å²) < 4.78 is 1.75. The van der Waals surface area contributed by atoms with Gasteiger partial charge in [-0.3, -0.25) is 22.1 Å². The van der Waals surface area contributed by atoms with E-state index in [9.17, 15) is 0 Å². The molecule has 8 N–H and O–H groups in total. The van der Waals surface area contributed by atoms with Crippen LogP contribution in [-0.4, -0.2) is 29.3 Å². The van der Waals surface area contributed by atoms with Crippen molar-refractivity contribution in [1.29, 1.82) is 0 Å². The number of aliphatic hydroxyl groups is 1. The Morgan fingerprint density at radius 3 is 2.50 bits per heavy atom. The lowest BCUT2D eigenvalue weighted by atomic mass is 10.3. The van der Waals surface area contributed by atoms with Crippen molar-refractivity contribution >= 4 is 18.3 Å². The van der Waals surface area contributed by atoms with Crippen LogP contribution in [0, 0.1) is 0 Å². The topological polar surface area (TPSA) is 114 Å². The van der Waals surface area contributed by atoms with Gasteiger partial charge in [0.05, 0.1) is 6.67 Å². The Bertz CT molecular complexity index is 197. The molecule has 1 unspecified atom stereocenters. The second-order valence-corrected chi connectivity index (χ2v) is 6.73. The zero-order valence-corrected chi connectivity index (χ0v) is 10.1. The molecule has 0 saturated carbocycles. The van der Waals surface area contributed by atoms with Gasteiger partial charge in [0.1, 0.15) is 6.49 Å². The van der Waals surface area contributed by atoms with Crippen molar-refractivity contribution in [2.24, 2.45) is 16.7 Å². The van der Waals surface area contributed by atoms with Gasteiger partial charge in [0, 0.05) is 6.54 Å². The first-order valence-corrected chi connectivity index (χ1v) is 7.37. The van der Waals surface area contributed by atoms with Crippen molar-refractivity contribution in [2.45, 2.75) is 26.1 Å². The van der Waals surface area contributed by atoms with E-state index in [1.165, 1.54) is 0 Å². The van der Waals surface area contributed by atoms with E-state index in [-0.39, 0.29) is 0 Å². The largest absolute Gasteiger partial charge is 0.366 e. The first-order valence-electron chi connectivity index (χ1n) is 4.47. The molecule has 0 heterocycles. The predicted octanol–water partition coefficient (Wildman–Crippen LogP) is -0.988. The fourth-order valence-corrected chi connectivity index (χ4v) is 2.06. The van der Waals surface area contributed by atoms with E-state index in [0.717, 1.165) is 19.4 Å². The summed E-state index contributed by atoms with van der Waals surface area (Å²) in [5, 5.41) is 11.5. The van der Waals surface area contributed by atoms with E-state index < -0.39 is 12.8 Å². The Morgan fingerprint density at radius 2 is 2.14 bits per heavy atom. The van der Waals surface area contributed by atoms with Crippen molar-refractivity contribution in [3.05, 3.63) is 0 Å². The molecule has 0 bridgehead atoms. The lowest BCUT2D eigenvalue weighted by Crippen LogP contribution is -2.45. The molecule has 14 heavy (non-hydrogen) atoms. The van der Waals surface area contributed by atoms with Crippen LogP contribution in [0.4, 0.5) is 0 Å². The van der Waals surface area contributed by atoms with E-state index in [1.807, 2.05) is 0 Å². The third kappa shape index (κ3) is 6.80. The van der Waals surface area contributed by atoms with E-state index in [0.29, 0.717) is 6.67 Å². The van der Waals surface area contributed by atoms with Crippen LogP contribution in [0.15, 0.2) is 0 Å². The number of hydrogen-bond acceptors (Lipinski definition) is 4. The van der Waals surface area contributed by atoms with Gasteiger partial charge in [-0.05, 0) is 18.2 Å². The molecule has 0 aromatic heterocycles. The molecule has 0 aromatic carbocycles. The molecule has 86 valence electrons. The summed E-state index contributed by atoms with van der Waals surface area (Å²) in [7, 11) is 0. The highest BCUT2D eigenvalue weighted by molar-refractivity contribution is 8.11. The summed E-state index contributed by atoms with van der Waals surface area (Å²) in [6.45, 7) is 0.689. The lowest BCUT2D eigenvalue weighted by molar-refractivity contribution is 0.131. The molecule has 0 saturated heterocycles. The van der Waals surface area contributed by atoms with Crippen molar-refractivity contribution < 1.29 is 5.11 Å². The van der Waals surface area contributed by atoms with Gasteiger partial charge in [0.2, 0.25) is 0 Å². The van der Waals surface area contributed by atoms with Crippen molar-refractivity contribution in [3.8, 4) is 0 Å². The number of hydrogen-bond donors (Lipinski definition) is 5. The van der Waals surface area contributed by atoms with Crippen LogP contribution in [0.2, 0.25) is 0 Å². The molecule has 0 rings (SSSR count). The number of nitrogens with two attached hydrogens (primary N) is 3. The standard InChI is InChI=1S/C6H20N5OPS/c1-2-3-4-11(13(8,9)14)5-10-6(7)12/h6,10,12H,2-5,7H2,1H3,(H4,8,9,14). The number of rotatable bonds is 7. The number of nitrogens with zero attached hydrogens (tertiary/aromatic N) is 1. The van der Waals surface area contributed by atoms with Crippen molar-refractivity contribution in [1.82, 2.24) is 9.99 Å². The molecule has 0 fully saturated rings. The Hall–Kier alpha value is 0.410. The van der Waals surface area contributed by atoms with E-state index >= 15 is 0 Å². The monoisotopic (exact) mass is 241 g/mol. The predicted molar refractivity (Wildman–Crippen MR) is 62.5 cm³/mol. The maximum Gasteiger partial charge on any atom is 0.158 e. The normalized spacial score (nSPS) is 14.7. The maximum absolute atomic E-state index is 8.83. The average Bonchev–Trinajstić information content (AvgIpc) is 2.01. The van der Waals surface area contributed by atoms with Gasteiger partial charge in [-0.2, -0.15) is 0 Å². The van der Waals surface area contributed by atoms with Crippen LogP contribution < -0.4 is 22.1 Å². The minimum absolute atomic E-state index is 0.321. The molecule has 8 heteroatoms. The van der Waals surface area contributed by atoms with Gasteiger partial charge in [-0.25, -0.2) is 4.67 Å². The third-order valence-corrected chi connectivity index (χ3v) is 3.61. The Labute approximate surface area is 90.0 Å². The summed E-state index contributed by atoms with van der Waals surface area (Å²) in [5.41, 5.74) is 16.5. The minimum Gasteiger partial charge on any atom is -0.366 e. The summed E-state index contributed by atoms with van der Waals surface area (Å²) in [4.78, 5) is 0. The van der Waals surface area contributed by atoms with Gasteiger partial charge >= 0.3 is 0 Å². The first kappa shape index (κ1) is 14.4. The SMILES string of the molecule is CCCCN(CNC(N)O)P(N)(N)=S. The van der Waals surface area contributed by atoms with Gasteiger partial charge in [-0.15, -0.1) is 0 Å². The quantitative estimate of drug-likeness (QED) is 0.287. The third-order valence-electron chi connectivity index (χ3n) is 1.69. The summed E-state index contributed by atoms with van der Waals surface area (Å²) >= 11 is 5.00. The van der Waals surface area contributed by atoms with Crippen molar-refractivity contribution in [2.75, 3.05) is 13.2 Å². The van der Waals surface area contributed by atoms with Crippen molar-refractivity contribution in [3.63, 3.8) is 0 Å². The molecular weight excluding hydrogens is 221 g/mol. The van der Waals surface area contributed by atoms with Crippen LogP contribution in [0.25, 0.3) is 0 Å². The second kappa shape index (κ2) is 6.81. The smallest absolute Gasteiger partial charge is 0.158 e. The highest BCUT2D eigenvalue weighted by atomic mass is 32.4. The minimum atomic E-state index is -2.42. The van der Waals surface area contributed by atoms with Gasteiger partial charge in [0.15, 0.2) is 6.35 Å². The van der Waals surface area contributed by atoms with Crippen LogP contribution >= 0.6 is 6.49 Å². The van der Waals surface area contributed by atoms with E-state index in [4.69, 9.17) is 33.7 Å². The molecule has 0 amide bonds. The van der Waals surface area contributed by atoms with Crippen LogP contribution in [-0.2, 0) is 11.8 Å². The molecule has 6 nitrogen and oxygen atoms in total. The number of unbranched alkanes of at least 4 members (excludes halogenated alkanes) is 1. The van der Waals surface area contributed by atoms with Gasteiger partial charge < -0.3 is 5.11 Å². The highest BCUT2D eigenvalue weighted by Crippen LogP contribution is 2.31. The fraction of sp³-hybridized carbons (Fsp3) is 1.00. The fourth-order valence-electron chi connectivity index (χ4n) is 0.885. The number of aliphatic hydroxyl groups excluding tert-OH is 1. The molecule has 0 radical (unpaired) electrons. The molecular formula is C6H20N5OPS. The van der Waals surface area contributed by atoms with Crippen LogP contribution in [0.1, 0.15) is 19.8 Å². The van der Waals surface area contributed by atoms with Gasteiger partial charge in [0.25, 0.3) is 0 Å². The molecule has 0 aromatic rings. The Balaban J connectivity index is 4.05. The molecule has 0 aliphatic heterocycles.